The Bertz CT molecular complexity index is 1820. The summed E-state index contributed by atoms with van der Waals surface area (Å²) >= 11 is 0. The van der Waals surface area contributed by atoms with Crippen LogP contribution in [-0.2, 0) is 23.7 Å². The van der Waals surface area contributed by atoms with Gasteiger partial charge in [-0.1, -0.05) is 6.07 Å². The third kappa shape index (κ3) is 3.73. The van der Waals surface area contributed by atoms with Gasteiger partial charge in [-0.05, 0) is 55.3 Å². The van der Waals surface area contributed by atoms with Crippen LogP contribution in [0.5, 0.6) is 0 Å². The van der Waals surface area contributed by atoms with E-state index in [0.29, 0.717) is 16.9 Å². The topological polar surface area (TPSA) is 135 Å². The van der Waals surface area contributed by atoms with E-state index >= 15 is 0 Å². The van der Waals surface area contributed by atoms with Crippen molar-refractivity contribution in [1.29, 1.82) is 0 Å². The molecule has 0 saturated carbocycles. The van der Waals surface area contributed by atoms with Crippen molar-refractivity contribution in [3.8, 4) is 11.1 Å². The van der Waals surface area contributed by atoms with E-state index in [2.05, 4.69) is 15.6 Å². The Balaban J connectivity index is 1.48. The number of benzene rings is 2. The number of imide groups is 2. The van der Waals surface area contributed by atoms with Gasteiger partial charge in [-0.15, -0.1) is 0 Å². The first-order valence-electron chi connectivity index (χ1n) is 12.4. The van der Waals surface area contributed by atoms with Gasteiger partial charge in [-0.2, -0.15) is 0 Å². The molecule has 0 radical (unpaired) electrons. The smallest absolute Gasteiger partial charge is 0.328 e. The molecule has 4 amide bonds. The molecule has 0 spiro atoms. The van der Waals surface area contributed by atoms with Gasteiger partial charge in [0.1, 0.15) is 6.04 Å². The molecule has 4 aromatic rings. The molecule has 4 heterocycles. The van der Waals surface area contributed by atoms with Gasteiger partial charge in [-0.25, -0.2) is 4.79 Å². The summed E-state index contributed by atoms with van der Waals surface area (Å²) < 4.78 is 3.10. The van der Waals surface area contributed by atoms with E-state index in [1.165, 1.54) is 4.57 Å². The maximum atomic E-state index is 13.6. The minimum atomic E-state index is -1.06. The molecule has 2 aliphatic rings. The lowest BCUT2D eigenvalue weighted by Gasteiger charge is -2.27. The first-order chi connectivity index (χ1) is 18.7. The second kappa shape index (κ2) is 8.76. The highest BCUT2D eigenvalue weighted by molar-refractivity contribution is 6.25. The number of piperidine rings is 1. The SMILES string of the molecule is Cc1cc(-c2cc3c(cc2Nc2cccc4c2C(=O)N(C2CCC(=O)NC2=O)C4=O)n(C)c(=O)n3C)ccn1. The van der Waals surface area contributed by atoms with Gasteiger partial charge in [0.15, 0.2) is 0 Å². The van der Waals surface area contributed by atoms with Crippen molar-refractivity contribution >= 4 is 46.0 Å². The van der Waals surface area contributed by atoms with E-state index in [1.807, 2.05) is 31.2 Å². The lowest BCUT2D eigenvalue weighted by atomic mass is 10.0. The quantitative estimate of drug-likeness (QED) is 0.391. The summed E-state index contributed by atoms with van der Waals surface area (Å²) in [4.78, 5) is 68.9. The van der Waals surface area contributed by atoms with Gasteiger partial charge >= 0.3 is 5.69 Å². The largest absolute Gasteiger partial charge is 0.354 e. The van der Waals surface area contributed by atoms with Crippen LogP contribution in [0.3, 0.4) is 0 Å². The van der Waals surface area contributed by atoms with Crippen LogP contribution < -0.4 is 16.3 Å². The molecule has 11 heteroatoms. The summed E-state index contributed by atoms with van der Waals surface area (Å²) in [5.41, 5.74) is 4.97. The Morgan fingerprint density at radius 3 is 2.36 bits per heavy atom. The maximum absolute atomic E-state index is 13.6. The standard InChI is InChI=1S/C28H24N6O5/c1-14-11-15(9-10-29-14)17-12-21-22(33(3)28(39)32(21)2)13-19(17)30-18-6-4-5-16-24(18)27(38)34(26(16)37)20-7-8-23(35)31-25(20)36/h4-6,9-13,20,30H,7-8H2,1-3H3,(H,31,35,36). The first kappa shape index (κ1) is 24.3. The molecule has 0 bridgehead atoms. The van der Waals surface area contributed by atoms with Crippen LogP contribution in [0.2, 0.25) is 0 Å². The number of amides is 4. The van der Waals surface area contributed by atoms with Gasteiger partial charge < -0.3 is 5.32 Å². The highest BCUT2D eigenvalue weighted by Crippen LogP contribution is 2.38. The highest BCUT2D eigenvalue weighted by Gasteiger charge is 2.45. The fourth-order valence-corrected chi connectivity index (χ4v) is 5.36. The van der Waals surface area contributed by atoms with E-state index in [1.54, 1.807) is 43.1 Å². The van der Waals surface area contributed by atoms with Crippen LogP contribution in [0.25, 0.3) is 22.2 Å². The predicted molar refractivity (Wildman–Crippen MR) is 143 cm³/mol. The summed E-state index contributed by atoms with van der Waals surface area (Å²) in [5.74, 6) is -2.29. The molecule has 2 aromatic heterocycles. The molecule has 2 N–H and O–H groups in total. The number of imidazole rings is 1. The fraction of sp³-hybridized carbons (Fsp3) is 0.214. The summed E-state index contributed by atoms with van der Waals surface area (Å²) in [6, 6.07) is 11.3. The van der Waals surface area contributed by atoms with Crippen molar-refractivity contribution in [2.24, 2.45) is 14.1 Å². The van der Waals surface area contributed by atoms with E-state index in [9.17, 15) is 24.0 Å². The molecule has 1 fully saturated rings. The third-order valence-corrected chi connectivity index (χ3v) is 7.36. The number of rotatable bonds is 4. The minimum Gasteiger partial charge on any atom is -0.354 e. The van der Waals surface area contributed by atoms with E-state index in [0.717, 1.165) is 27.2 Å². The molecule has 11 nitrogen and oxygen atoms in total. The Morgan fingerprint density at radius 2 is 1.64 bits per heavy atom. The number of aryl methyl sites for hydroxylation is 3. The Labute approximate surface area is 222 Å². The average Bonchev–Trinajstić information content (AvgIpc) is 3.28. The van der Waals surface area contributed by atoms with E-state index in [4.69, 9.17) is 0 Å². The van der Waals surface area contributed by atoms with Crippen molar-refractivity contribution in [1.82, 2.24) is 24.3 Å². The monoisotopic (exact) mass is 524 g/mol. The Hall–Kier alpha value is -5.06. The molecular formula is C28H24N6O5. The summed E-state index contributed by atoms with van der Waals surface area (Å²) in [6.45, 7) is 1.88. The van der Waals surface area contributed by atoms with Gasteiger partial charge in [0.05, 0.1) is 27.8 Å². The summed E-state index contributed by atoms with van der Waals surface area (Å²) in [7, 11) is 3.39. The molecule has 6 rings (SSSR count). The minimum absolute atomic E-state index is 0.0411. The zero-order valence-electron chi connectivity index (χ0n) is 21.4. The zero-order valence-corrected chi connectivity index (χ0v) is 21.4. The molecule has 1 atom stereocenters. The van der Waals surface area contributed by atoms with Crippen LogP contribution >= 0.6 is 0 Å². The second-order valence-corrected chi connectivity index (χ2v) is 9.77. The van der Waals surface area contributed by atoms with Gasteiger partial charge in [0.2, 0.25) is 11.8 Å². The lowest BCUT2D eigenvalue weighted by molar-refractivity contribution is -0.136. The number of nitrogens with zero attached hydrogens (tertiary/aromatic N) is 4. The van der Waals surface area contributed by atoms with Crippen LogP contribution in [0.1, 0.15) is 39.3 Å². The molecular weight excluding hydrogens is 500 g/mol. The molecule has 0 aliphatic carbocycles. The van der Waals surface area contributed by atoms with Gasteiger partial charge in [0, 0.05) is 43.7 Å². The van der Waals surface area contributed by atoms with Gasteiger partial charge in [0.25, 0.3) is 11.8 Å². The summed E-state index contributed by atoms with van der Waals surface area (Å²) in [5, 5.41) is 5.55. The predicted octanol–water partition coefficient (Wildman–Crippen LogP) is 2.39. The summed E-state index contributed by atoms with van der Waals surface area (Å²) in [6.07, 6.45) is 1.81. The van der Waals surface area contributed by atoms with Crippen LogP contribution in [0, 0.1) is 6.92 Å². The number of fused-ring (bicyclic) bond motifs is 2. The first-order valence-corrected chi connectivity index (χ1v) is 12.4. The second-order valence-electron chi connectivity index (χ2n) is 9.77. The average molecular weight is 525 g/mol. The third-order valence-electron chi connectivity index (χ3n) is 7.36. The number of nitrogens with one attached hydrogen (secondary N) is 2. The number of hydrogen-bond acceptors (Lipinski definition) is 7. The van der Waals surface area contributed by atoms with Crippen molar-refractivity contribution in [3.63, 3.8) is 0 Å². The normalized spacial score (nSPS) is 17.1. The van der Waals surface area contributed by atoms with Gasteiger partial charge in [-0.3, -0.25) is 43.5 Å². The molecule has 1 saturated heterocycles. The number of pyridine rings is 1. The molecule has 2 aliphatic heterocycles. The Kier molecular flexibility index (Phi) is 5.45. The number of aromatic nitrogens is 3. The van der Waals surface area contributed by atoms with Crippen molar-refractivity contribution in [2.45, 2.75) is 25.8 Å². The van der Waals surface area contributed by atoms with Crippen LogP contribution in [-0.4, -0.2) is 48.7 Å². The fourth-order valence-electron chi connectivity index (χ4n) is 5.36. The molecule has 1 unspecified atom stereocenters. The maximum Gasteiger partial charge on any atom is 0.328 e. The van der Waals surface area contributed by atoms with E-state index in [-0.39, 0.29) is 29.7 Å². The van der Waals surface area contributed by atoms with Crippen LogP contribution in [0.4, 0.5) is 11.4 Å². The molecule has 196 valence electrons. The lowest BCUT2D eigenvalue weighted by Crippen LogP contribution is -2.54. The molecule has 39 heavy (non-hydrogen) atoms. The van der Waals surface area contributed by atoms with Crippen LogP contribution in [0.15, 0.2) is 53.5 Å². The van der Waals surface area contributed by atoms with Crippen molar-refractivity contribution < 1.29 is 19.2 Å². The van der Waals surface area contributed by atoms with Crippen molar-refractivity contribution in [2.75, 3.05) is 5.32 Å². The number of carbonyl (C=O) groups is 4. The van der Waals surface area contributed by atoms with Crippen molar-refractivity contribution in [3.05, 3.63) is 76.0 Å². The van der Waals surface area contributed by atoms with E-state index < -0.39 is 29.7 Å². The number of carbonyl (C=O) groups excluding carboxylic acids is 4. The zero-order chi connectivity index (χ0) is 27.6. The highest BCUT2D eigenvalue weighted by atomic mass is 16.2. The molecule has 2 aromatic carbocycles. The number of hydrogen-bond donors (Lipinski definition) is 2. The Morgan fingerprint density at radius 1 is 0.897 bits per heavy atom. The number of anilines is 2.